The molecule has 7 nitrogen and oxygen atoms in total. The molecule has 2 aromatic heterocycles. The highest BCUT2D eigenvalue weighted by atomic mass is 32.2. The number of nitrogens with zero attached hydrogens (tertiary/aromatic N) is 5. The Labute approximate surface area is 127 Å². The van der Waals surface area contributed by atoms with E-state index in [0.717, 1.165) is 37.8 Å². The molecule has 1 aliphatic heterocycles. The van der Waals surface area contributed by atoms with Gasteiger partial charge in [0.2, 0.25) is 11.9 Å². The second-order valence-corrected chi connectivity index (χ2v) is 5.94. The van der Waals surface area contributed by atoms with Crippen molar-refractivity contribution in [1.29, 1.82) is 0 Å². The summed E-state index contributed by atoms with van der Waals surface area (Å²) in [5.74, 6) is 1.19. The number of imidazole rings is 1. The molecule has 1 fully saturated rings. The zero-order chi connectivity index (χ0) is 14.5. The molecule has 1 saturated heterocycles. The molecule has 8 heteroatoms. The third-order valence-corrected chi connectivity index (χ3v) is 4.31. The normalized spacial score (nSPS) is 16.0. The van der Waals surface area contributed by atoms with Crippen molar-refractivity contribution in [2.45, 2.75) is 30.2 Å². The van der Waals surface area contributed by atoms with Crippen molar-refractivity contribution < 1.29 is 4.74 Å². The lowest BCUT2D eigenvalue weighted by molar-refractivity contribution is 0.1000. The van der Waals surface area contributed by atoms with Crippen molar-refractivity contribution in [3.63, 3.8) is 0 Å². The van der Waals surface area contributed by atoms with E-state index in [4.69, 9.17) is 4.74 Å². The largest absolute Gasteiger partial charge is 0.381 e. The summed E-state index contributed by atoms with van der Waals surface area (Å²) in [7, 11) is 0. The summed E-state index contributed by atoms with van der Waals surface area (Å²) in [5, 5.41) is 4.41. The Morgan fingerprint density at radius 2 is 2.19 bits per heavy atom. The van der Waals surface area contributed by atoms with E-state index in [0.29, 0.717) is 17.1 Å². The number of hydrogen-bond acceptors (Lipinski definition) is 7. The molecule has 0 atom stereocenters. The van der Waals surface area contributed by atoms with Crippen LogP contribution in [0.15, 0.2) is 23.9 Å². The molecule has 0 unspecified atom stereocenters. The van der Waals surface area contributed by atoms with Gasteiger partial charge in [0, 0.05) is 37.4 Å². The van der Waals surface area contributed by atoms with Gasteiger partial charge in [-0.25, -0.2) is 4.98 Å². The number of nitrogens with one attached hydrogen (secondary N) is 1. The Bertz CT molecular complexity index is 570. The first-order chi connectivity index (χ1) is 10.3. The maximum absolute atomic E-state index is 5.39. The van der Waals surface area contributed by atoms with Gasteiger partial charge in [-0.15, -0.1) is 0 Å². The van der Waals surface area contributed by atoms with E-state index >= 15 is 0 Å². The van der Waals surface area contributed by atoms with Gasteiger partial charge in [0.05, 0.1) is 0 Å². The Morgan fingerprint density at radius 1 is 1.33 bits per heavy atom. The second-order valence-electron chi connectivity index (χ2n) is 4.67. The lowest BCUT2D eigenvalue weighted by Crippen LogP contribution is -2.18. The van der Waals surface area contributed by atoms with Gasteiger partial charge < -0.3 is 10.1 Å². The van der Waals surface area contributed by atoms with Crippen molar-refractivity contribution in [1.82, 2.24) is 24.5 Å². The fourth-order valence-electron chi connectivity index (χ4n) is 2.07. The second kappa shape index (κ2) is 6.86. The molecule has 0 bridgehead atoms. The molecule has 0 amide bonds. The van der Waals surface area contributed by atoms with E-state index < -0.39 is 0 Å². The predicted octanol–water partition coefficient (Wildman–Crippen LogP) is 1.76. The predicted molar refractivity (Wildman–Crippen MR) is 80.8 cm³/mol. The Morgan fingerprint density at radius 3 is 2.90 bits per heavy atom. The topological polar surface area (TPSA) is 77.8 Å². The molecule has 2 aromatic rings. The molecule has 1 N–H and O–H groups in total. The number of rotatable bonds is 5. The summed E-state index contributed by atoms with van der Waals surface area (Å²) in [4.78, 5) is 17.5. The summed E-state index contributed by atoms with van der Waals surface area (Å²) in [6.07, 6.45) is 7.30. The molecular formula is C13H18N6OS. The van der Waals surface area contributed by atoms with Crippen molar-refractivity contribution >= 4 is 17.7 Å². The van der Waals surface area contributed by atoms with Crippen molar-refractivity contribution in [2.75, 3.05) is 25.1 Å². The van der Waals surface area contributed by atoms with E-state index in [1.165, 1.54) is 0 Å². The SMILES string of the molecule is CCNc1nc(SC2CCOCC2)nc(-n2ccnc2)n1. The molecule has 0 radical (unpaired) electrons. The maximum Gasteiger partial charge on any atom is 0.240 e. The molecule has 1 aliphatic rings. The minimum absolute atomic E-state index is 0.506. The van der Waals surface area contributed by atoms with Crippen molar-refractivity contribution in [2.24, 2.45) is 0 Å². The summed E-state index contributed by atoms with van der Waals surface area (Å²) in [5.41, 5.74) is 0. The van der Waals surface area contributed by atoms with Crippen LogP contribution < -0.4 is 5.32 Å². The molecule has 112 valence electrons. The van der Waals surface area contributed by atoms with Gasteiger partial charge in [0.25, 0.3) is 0 Å². The lowest BCUT2D eigenvalue weighted by atomic mass is 10.2. The van der Waals surface area contributed by atoms with E-state index in [9.17, 15) is 0 Å². The van der Waals surface area contributed by atoms with Crippen LogP contribution in [-0.4, -0.2) is 49.5 Å². The van der Waals surface area contributed by atoms with E-state index in [-0.39, 0.29) is 0 Å². The number of aromatic nitrogens is 5. The summed E-state index contributed by atoms with van der Waals surface area (Å²) in [6, 6.07) is 0. The monoisotopic (exact) mass is 306 g/mol. The molecule has 0 spiro atoms. The fourth-order valence-corrected chi connectivity index (χ4v) is 3.07. The van der Waals surface area contributed by atoms with E-state index in [1.807, 2.05) is 13.1 Å². The molecule has 21 heavy (non-hydrogen) atoms. The smallest absolute Gasteiger partial charge is 0.240 e. The average Bonchev–Trinajstić information content (AvgIpc) is 3.03. The van der Waals surface area contributed by atoms with Crippen molar-refractivity contribution in [3.05, 3.63) is 18.7 Å². The summed E-state index contributed by atoms with van der Waals surface area (Å²) < 4.78 is 7.18. The van der Waals surface area contributed by atoms with E-state index in [2.05, 4.69) is 25.3 Å². The quantitative estimate of drug-likeness (QED) is 0.901. The van der Waals surface area contributed by atoms with Crippen LogP contribution in [0.25, 0.3) is 5.95 Å². The first-order valence-electron chi connectivity index (χ1n) is 7.08. The molecule has 3 heterocycles. The average molecular weight is 306 g/mol. The Kier molecular flexibility index (Phi) is 4.66. The zero-order valence-electron chi connectivity index (χ0n) is 11.9. The van der Waals surface area contributed by atoms with Crippen LogP contribution in [-0.2, 0) is 4.74 Å². The fraction of sp³-hybridized carbons (Fsp3) is 0.538. The Hall–Kier alpha value is -1.67. The molecule has 0 aliphatic carbocycles. The van der Waals surface area contributed by atoms with Gasteiger partial charge in [-0.2, -0.15) is 15.0 Å². The highest BCUT2D eigenvalue weighted by molar-refractivity contribution is 7.99. The molecule has 0 aromatic carbocycles. The van der Waals surface area contributed by atoms with Gasteiger partial charge in [0.15, 0.2) is 5.16 Å². The number of hydrogen-bond donors (Lipinski definition) is 1. The van der Waals surface area contributed by atoms with Crippen LogP contribution in [0.5, 0.6) is 0 Å². The maximum atomic E-state index is 5.39. The highest BCUT2D eigenvalue weighted by Crippen LogP contribution is 2.28. The molecule has 3 rings (SSSR count). The van der Waals surface area contributed by atoms with Gasteiger partial charge in [-0.3, -0.25) is 4.57 Å². The van der Waals surface area contributed by atoms with Crippen LogP contribution in [0.2, 0.25) is 0 Å². The third-order valence-electron chi connectivity index (χ3n) is 3.11. The van der Waals surface area contributed by atoms with Crippen LogP contribution in [0, 0.1) is 0 Å². The van der Waals surface area contributed by atoms with Gasteiger partial charge in [0.1, 0.15) is 6.33 Å². The standard InChI is InChI=1S/C13H18N6OS/c1-2-15-11-16-12(19-6-5-14-9-19)18-13(17-11)21-10-3-7-20-8-4-10/h5-6,9-10H,2-4,7-8H2,1H3,(H,15,16,17,18). The van der Waals surface area contributed by atoms with E-state index in [1.54, 1.807) is 28.9 Å². The van der Waals surface area contributed by atoms with Crippen LogP contribution in [0.4, 0.5) is 5.95 Å². The van der Waals surface area contributed by atoms with Gasteiger partial charge in [-0.05, 0) is 19.8 Å². The number of anilines is 1. The first kappa shape index (κ1) is 14.3. The first-order valence-corrected chi connectivity index (χ1v) is 7.96. The van der Waals surface area contributed by atoms with Crippen LogP contribution >= 0.6 is 11.8 Å². The minimum atomic E-state index is 0.506. The van der Waals surface area contributed by atoms with Crippen LogP contribution in [0.3, 0.4) is 0 Å². The van der Waals surface area contributed by atoms with Crippen molar-refractivity contribution in [3.8, 4) is 5.95 Å². The van der Waals surface area contributed by atoms with Gasteiger partial charge in [-0.1, -0.05) is 11.8 Å². The summed E-state index contributed by atoms with van der Waals surface area (Å²) >= 11 is 1.70. The summed E-state index contributed by atoms with van der Waals surface area (Å²) in [6.45, 7) is 4.43. The number of ether oxygens (including phenoxy) is 1. The van der Waals surface area contributed by atoms with Gasteiger partial charge >= 0.3 is 0 Å². The zero-order valence-corrected chi connectivity index (χ0v) is 12.7. The lowest BCUT2D eigenvalue weighted by Gasteiger charge is -2.20. The van der Waals surface area contributed by atoms with Crippen LogP contribution in [0.1, 0.15) is 19.8 Å². The third kappa shape index (κ3) is 3.70. The minimum Gasteiger partial charge on any atom is -0.381 e. The Balaban J connectivity index is 1.84. The number of thioether (sulfide) groups is 1. The highest BCUT2D eigenvalue weighted by Gasteiger charge is 2.18. The molecule has 0 saturated carbocycles. The molecular weight excluding hydrogens is 288 g/mol.